The molecule has 0 heterocycles. The number of hydrogen-bond donors (Lipinski definition) is 1. The highest BCUT2D eigenvalue weighted by atomic mass is 16.3. The van der Waals surface area contributed by atoms with E-state index in [-0.39, 0.29) is 23.1 Å². The average Bonchev–Trinajstić information content (AvgIpc) is 2.28. The minimum absolute atomic E-state index is 0.0134. The average molecular weight is 249 g/mol. The van der Waals surface area contributed by atoms with E-state index in [1.54, 1.807) is 30.0 Å². The minimum atomic E-state index is -0.0134. The monoisotopic (exact) mass is 249 g/mol. The van der Waals surface area contributed by atoms with Crippen molar-refractivity contribution in [2.24, 2.45) is 5.41 Å². The van der Waals surface area contributed by atoms with E-state index in [4.69, 9.17) is 0 Å². The molecule has 1 aromatic carbocycles. The van der Waals surface area contributed by atoms with Crippen LogP contribution < -0.4 is 0 Å². The van der Waals surface area contributed by atoms with Crippen LogP contribution in [-0.2, 0) is 0 Å². The predicted octanol–water partition coefficient (Wildman–Crippen LogP) is 3.21. The van der Waals surface area contributed by atoms with E-state index in [1.807, 2.05) is 14.0 Å². The normalized spacial score (nSPS) is 13.2. The molecule has 18 heavy (non-hydrogen) atoms. The van der Waals surface area contributed by atoms with Gasteiger partial charge in [0.2, 0.25) is 0 Å². The van der Waals surface area contributed by atoms with Gasteiger partial charge < -0.3 is 10.0 Å². The Kier molecular flexibility index (Phi) is 4.05. The Bertz CT molecular complexity index is 446. The molecule has 0 fully saturated rings. The summed E-state index contributed by atoms with van der Waals surface area (Å²) in [4.78, 5) is 14.1. The number of phenolic OH excluding ortho intramolecular Hbond substituents is 1. The van der Waals surface area contributed by atoms with Gasteiger partial charge in [0.15, 0.2) is 0 Å². The molecule has 1 amide bonds. The molecule has 1 N–H and O–H groups in total. The van der Waals surface area contributed by atoms with Crippen LogP contribution >= 0.6 is 0 Å². The van der Waals surface area contributed by atoms with Gasteiger partial charge in [-0.25, -0.2) is 0 Å². The number of amides is 1. The van der Waals surface area contributed by atoms with Crippen molar-refractivity contribution in [1.82, 2.24) is 4.90 Å². The Labute approximate surface area is 109 Å². The molecule has 1 unspecified atom stereocenters. The first-order chi connectivity index (χ1) is 8.14. The van der Waals surface area contributed by atoms with Crippen LogP contribution in [0.5, 0.6) is 5.75 Å². The van der Waals surface area contributed by atoms with Crippen molar-refractivity contribution >= 4 is 5.91 Å². The number of aromatic hydroxyl groups is 1. The number of benzene rings is 1. The first-order valence-corrected chi connectivity index (χ1v) is 6.21. The van der Waals surface area contributed by atoms with E-state index in [2.05, 4.69) is 20.8 Å². The summed E-state index contributed by atoms with van der Waals surface area (Å²) >= 11 is 0. The summed E-state index contributed by atoms with van der Waals surface area (Å²) in [6.45, 7) is 10.2. The summed E-state index contributed by atoms with van der Waals surface area (Å²) in [5, 5.41) is 9.48. The summed E-state index contributed by atoms with van der Waals surface area (Å²) in [5.74, 6) is 0.207. The van der Waals surface area contributed by atoms with E-state index in [0.717, 1.165) is 5.56 Å². The van der Waals surface area contributed by atoms with Crippen LogP contribution in [0.1, 0.15) is 43.6 Å². The zero-order valence-electron chi connectivity index (χ0n) is 12.1. The van der Waals surface area contributed by atoms with Gasteiger partial charge in [-0.1, -0.05) is 20.8 Å². The van der Waals surface area contributed by atoms with Gasteiger partial charge in [0.1, 0.15) is 5.75 Å². The minimum Gasteiger partial charge on any atom is -0.508 e. The molecule has 0 aliphatic heterocycles. The highest BCUT2D eigenvalue weighted by Gasteiger charge is 2.27. The molecule has 0 bridgehead atoms. The smallest absolute Gasteiger partial charge is 0.253 e. The molecule has 100 valence electrons. The van der Waals surface area contributed by atoms with Gasteiger partial charge >= 0.3 is 0 Å². The number of nitrogens with zero attached hydrogens (tertiary/aromatic N) is 1. The highest BCUT2D eigenvalue weighted by molar-refractivity contribution is 5.94. The van der Waals surface area contributed by atoms with Gasteiger partial charge in [0.05, 0.1) is 0 Å². The van der Waals surface area contributed by atoms with Gasteiger partial charge in [-0.15, -0.1) is 0 Å². The van der Waals surface area contributed by atoms with Crippen molar-refractivity contribution in [1.29, 1.82) is 0 Å². The van der Waals surface area contributed by atoms with Crippen molar-refractivity contribution < 1.29 is 9.90 Å². The third kappa shape index (κ3) is 3.03. The molecule has 0 aliphatic carbocycles. The molecule has 0 radical (unpaired) electrons. The zero-order chi connectivity index (χ0) is 14.1. The van der Waals surface area contributed by atoms with Crippen LogP contribution in [0.4, 0.5) is 0 Å². The molecule has 0 spiro atoms. The van der Waals surface area contributed by atoms with Crippen LogP contribution in [0.15, 0.2) is 18.2 Å². The lowest BCUT2D eigenvalue weighted by Crippen LogP contribution is -2.42. The Hall–Kier alpha value is -1.51. The first-order valence-electron chi connectivity index (χ1n) is 6.21. The van der Waals surface area contributed by atoms with E-state index in [0.29, 0.717) is 5.56 Å². The van der Waals surface area contributed by atoms with Crippen molar-refractivity contribution in [2.75, 3.05) is 7.05 Å². The van der Waals surface area contributed by atoms with Gasteiger partial charge in [-0.3, -0.25) is 4.79 Å². The maximum absolute atomic E-state index is 12.3. The third-order valence-corrected chi connectivity index (χ3v) is 3.60. The zero-order valence-corrected chi connectivity index (χ0v) is 12.1. The lowest BCUT2D eigenvalue weighted by atomic mass is 9.87. The summed E-state index contributed by atoms with van der Waals surface area (Å²) in [6.07, 6.45) is 0. The third-order valence-electron chi connectivity index (χ3n) is 3.60. The molecule has 0 saturated heterocycles. The maximum Gasteiger partial charge on any atom is 0.253 e. The molecule has 0 saturated carbocycles. The van der Waals surface area contributed by atoms with Crippen molar-refractivity contribution in [2.45, 2.75) is 40.7 Å². The Balaban J connectivity index is 2.97. The fourth-order valence-corrected chi connectivity index (χ4v) is 1.75. The molecule has 3 heteroatoms. The van der Waals surface area contributed by atoms with E-state index >= 15 is 0 Å². The molecule has 0 aromatic heterocycles. The Morgan fingerprint density at radius 3 is 2.33 bits per heavy atom. The largest absolute Gasteiger partial charge is 0.508 e. The van der Waals surface area contributed by atoms with Crippen LogP contribution in [0, 0.1) is 12.3 Å². The number of hydrogen-bond acceptors (Lipinski definition) is 2. The summed E-state index contributed by atoms with van der Waals surface area (Å²) < 4.78 is 0. The molecular formula is C15H23NO2. The van der Waals surface area contributed by atoms with E-state index < -0.39 is 0 Å². The van der Waals surface area contributed by atoms with Crippen LogP contribution in [0.2, 0.25) is 0 Å². The number of carbonyl (C=O) groups excluding carboxylic acids is 1. The second-order valence-corrected chi connectivity index (χ2v) is 5.96. The lowest BCUT2D eigenvalue weighted by molar-refractivity contribution is 0.0629. The van der Waals surface area contributed by atoms with Crippen molar-refractivity contribution in [3.05, 3.63) is 29.3 Å². The van der Waals surface area contributed by atoms with Crippen LogP contribution in [0.3, 0.4) is 0 Å². The van der Waals surface area contributed by atoms with Crippen LogP contribution in [-0.4, -0.2) is 29.0 Å². The quantitative estimate of drug-likeness (QED) is 0.874. The van der Waals surface area contributed by atoms with Crippen molar-refractivity contribution in [3.63, 3.8) is 0 Å². The van der Waals surface area contributed by atoms with Crippen LogP contribution in [0.25, 0.3) is 0 Å². The van der Waals surface area contributed by atoms with Crippen molar-refractivity contribution in [3.8, 4) is 5.75 Å². The summed E-state index contributed by atoms with van der Waals surface area (Å²) in [6, 6.07) is 5.09. The lowest BCUT2D eigenvalue weighted by Gasteiger charge is -2.35. The standard InChI is InChI=1S/C15H23NO2/c1-10-9-12(7-8-13(10)17)14(18)16(6)11(2)15(3,4)5/h7-9,11,17H,1-6H3. The predicted molar refractivity (Wildman–Crippen MR) is 73.9 cm³/mol. The number of rotatable bonds is 2. The Morgan fingerprint density at radius 1 is 1.33 bits per heavy atom. The number of phenols is 1. The molecule has 1 atom stereocenters. The molecule has 0 aliphatic rings. The first kappa shape index (κ1) is 14.6. The maximum atomic E-state index is 12.3. The number of aryl methyl sites for hydroxylation is 1. The number of carbonyl (C=O) groups is 1. The summed E-state index contributed by atoms with van der Waals surface area (Å²) in [5.41, 5.74) is 1.37. The Morgan fingerprint density at radius 2 is 1.89 bits per heavy atom. The van der Waals surface area contributed by atoms with Gasteiger partial charge in [-0.2, -0.15) is 0 Å². The molecule has 1 aromatic rings. The second kappa shape index (κ2) is 5.01. The fraction of sp³-hybridized carbons (Fsp3) is 0.533. The van der Waals surface area contributed by atoms with Gasteiger partial charge in [0, 0.05) is 18.7 Å². The highest BCUT2D eigenvalue weighted by Crippen LogP contribution is 2.25. The van der Waals surface area contributed by atoms with E-state index in [9.17, 15) is 9.90 Å². The second-order valence-electron chi connectivity index (χ2n) is 5.96. The van der Waals surface area contributed by atoms with Gasteiger partial charge in [0.25, 0.3) is 5.91 Å². The molecular weight excluding hydrogens is 226 g/mol. The topological polar surface area (TPSA) is 40.5 Å². The summed E-state index contributed by atoms with van der Waals surface area (Å²) in [7, 11) is 1.82. The SMILES string of the molecule is Cc1cc(C(=O)N(C)C(C)C(C)(C)C)ccc1O. The van der Waals surface area contributed by atoms with E-state index in [1.165, 1.54) is 0 Å². The van der Waals surface area contributed by atoms with Gasteiger partial charge in [-0.05, 0) is 43.0 Å². The molecule has 1 rings (SSSR count). The molecule has 3 nitrogen and oxygen atoms in total. The fourth-order valence-electron chi connectivity index (χ4n) is 1.75.